The summed E-state index contributed by atoms with van der Waals surface area (Å²) in [5, 5.41) is 4.19. The number of ketones is 1. The smallest absolute Gasteiger partial charge is 0.159 e. The average molecular weight is 200 g/mol. The zero-order chi connectivity index (χ0) is 10.8. The van der Waals surface area contributed by atoms with Gasteiger partial charge in [0, 0.05) is 11.8 Å². The zero-order valence-corrected chi connectivity index (χ0v) is 8.77. The molecule has 0 fully saturated rings. The van der Waals surface area contributed by atoms with E-state index < -0.39 is 0 Å². The fourth-order valence-electron chi connectivity index (χ4n) is 1.42. The summed E-state index contributed by atoms with van der Waals surface area (Å²) in [6.07, 6.45) is 3.72. The van der Waals surface area contributed by atoms with E-state index in [1.165, 1.54) is 0 Å². The van der Waals surface area contributed by atoms with Crippen LogP contribution in [-0.2, 0) is 0 Å². The van der Waals surface area contributed by atoms with E-state index in [-0.39, 0.29) is 5.78 Å². The third-order valence-electron chi connectivity index (χ3n) is 2.23. The lowest BCUT2D eigenvalue weighted by Crippen LogP contribution is -1.97. The van der Waals surface area contributed by atoms with Crippen LogP contribution in [0.15, 0.2) is 36.7 Å². The summed E-state index contributed by atoms with van der Waals surface area (Å²) >= 11 is 0. The Morgan fingerprint density at radius 2 is 2.20 bits per heavy atom. The molecule has 0 saturated carbocycles. The van der Waals surface area contributed by atoms with Gasteiger partial charge in [0.25, 0.3) is 0 Å². The minimum absolute atomic E-state index is 0.0701. The van der Waals surface area contributed by atoms with Gasteiger partial charge in [-0.05, 0) is 31.5 Å². The Balaban J connectivity index is 2.45. The topological polar surface area (TPSA) is 34.9 Å². The van der Waals surface area contributed by atoms with E-state index in [2.05, 4.69) is 5.10 Å². The monoisotopic (exact) mass is 200 g/mol. The van der Waals surface area contributed by atoms with E-state index in [0.717, 1.165) is 11.3 Å². The Labute approximate surface area is 88.4 Å². The van der Waals surface area contributed by atoms with Crippen molar-refractivity contribution in [2.75, 3.05) is 0 Å². The Morgan fingerprint density at radius 3 is 2.80 bits per heavy atom. The van der Waals surface area contributed by atoms with Gasteiger partial charge in [-0.2, -0.15) is 5.10 Å². The summed E-state index contributed by atoms with van der Waals surface area (Å²) in [7, 11) is 0. The number of rotatable bonds is 2. The average Bonchev–Trinajstić information content (AvgIpc) is 2.65. The third-order valence-corrected chi connectivity index (χ3v) is 2.23. The van der Waals surface area contributed by atoms with Crippen LogP contribution in [0.1, 0.15) is 22.8 Å². The van der Waals surface area contributed by atoms with Gasteiger partial charge in [-0.25, -0.2) is 4.68 Å². The molecule has 76 valence electrons. The van der Waals surface area contributed by atoms with E-state index in [1.807, 2.05) is 37.4 Å². The molecule has 0 bridgehead atoms. The Bertz CT molecular complexity index is 500. The number of aromatic nitrogens is 2. The first kappa shape index (κ1) is 9.65. The summed E-state index contributed by atoms with van der Waals surface area (Å²) in [5.41, 5.74) is 2.72. The largest absolute Gasteiger partial charge is 0.295 e. The molecule has 0 N–H and O–H groups in total. The maximum Gasteiger partial charge on any atom is 0.159 e. The van der Waals surface area contributed by atoms with Crippen LogP contribution in [0, 0.1) is 6.92 Å². The first-order valence-electron chi connectivity index (χ1n) is 4.79. The first-order valence-corrected chi connectivity index (χ1v) is 4.79. The van der Waals surface area contributed by atoms with Gasteiger partial charge in [0.15, 0.2) is 5.78 Å². The van der Waals surface area contributed by atoms with Crippen LogP contribution >= 0.6 is 0 Å². The van der Waals surface area contributed by atoms with Gasteiger partial charge in [-0.15, -0.1) is 0 Å². The van der Waals surface area contributed by atoms with Crippen LogP contribution in [0.4, 0.5) is 0 Å². The molecule has 2 aromatic rings. The molecule has 0 atom stereocenters. The van der Waals surface area contributed by atoms with Gasteiger partial charge < -0.3 is 0 Å². The molecule has 2 rings (SSSR count). The molecule has 0 radical (unpaired) electrons. The summed E-state index contributed by atoms with van der Waals surface area (Å²) in [6, 6.07) is 7.44. The van der Waals surface area contributed by atoms with E-state index >= 15 is 0 Å². The summed E-state index contributed by atoms with van der Waals surface area (Å²) in [4.78, 5) is 11.2. The van der Waals surface area contributed by atoms with Gasteiger partial charge in [-0.3, -0.25) is 4.79 Å². The van der Waals surface area contributed by atoms with E-state index in [9.17, 15) is 4.79 Å². The Hall–Kier alpha value is -1.90. The predicted molar refractivity (Wildman–Crippen MR) is 58.3 cm³/mol. The third kappa shape index (κ3) is 1.96. The van der Waals surface area contributed by atoms with Crippen LogP contribution in [-0.4, -0.2) is 15.6 Å². The van der Waals surface area contributed by atoms with Crippen LogP contribution < -0.4 is 0 Å². The minimum Gasteiger partial charge on any atom is -0.295 e. The summed E-state index contributed by atoms with van der Waals surface area (Å²) < 4.78 is 1.77. The van der Waals surface area contributed by atoms with Crippen molar-refractivity contribution in [3.8, 4) is 5.69 Å². The number of carbonyl (C=O) groups excluding carboxylic acids is 1. The van der Waals surface area contributed by atoms with Crippen molar-refractivity contribution in [1.82, 2.24) is 9.78 Å². The molecule has 1 heterocycles. The number of benzene rings is 1. The normalized spacial score (nSPS) is 10.3. The zero-order valence-electron chi connectivity index (χ0n) is 8.77. The van der Waals surface area contributed by atoms with Crippen molar-refractivity contribution in [3.05, 3.63) is 47.8 Å². The molecule has 0 amide bonds. The molecular weight excluding hydrogens is 188 g/mol. The molecule has 0 aliphatic carbocycles. The molecule has 0 aliphatic rings. The van der Waals surface area contributed by atoms with Gasteiger partial charge in [0.1, 0.15) is 0 Å². The maximum atomic E-state index is 11.2. The van der Waals surface area contributed by atoms with Crippen molar-refractivity contribution >= 4 is 5.78 Å². The van der Waals surface area contributed by atoms with Gasteiger partial charge in [-0.1, -0.05) is 12.1 Å². The molecule has 0 saturated heterocycles. The molecule has 1 aromatic heterocycles. The first-order chi connectivity index (χ1) is 7.16. The highest BCUT2D eigenvalue weighted by Gasteiger charge is 2.02. The quantitative estimate of drug-likeness (QED) is 0.697. The highest BCUT2D eigenvalue weighted by molar-refractivity contribution is 5.94. The maximum absolute atomic E-state index is 11.2. The second-order valence-corrected chi connectivity index (χ2v) is 3.57. The molecule has 15 heavy (non-hydrogen) atoms. The summed E-state index contributed by atoms with van der Waals surface area (Å²) in [6.45, 7) is 3.55. The fourth-order valence-corrected chi connectivity index (χ4v) is 1.42. The standard InChI is InChI=1S/C12H12N2O/c1-9-7-13-14(8-9)12-5-3-4-11(6-12)10(2)15/h3-8H,1-2H3. The second kappa shape index (κ2) is 3.69. The van der Waals surface area contributed by atoms with Crippen LogP contribution in [0.5, 0.6) is 0 Å². The molecule has 0 aliphatic heterocycles. The molecule has 0 spiro atoms. The molecule has 1 aromatic carbocycles. The van der Waals surface area contributed by atoms with Gasteiger partial charge in [0.2, 0.25) is 0 Å². The molecular formula is C12H12N2O. The van der Waals surface area contributed by atoms with Gasteiger partial charge in [0.05, 0.1) is 11.9 Å². The molecule has 0 unspecified atom stereocenters. The minimum atomic E-state index is 0.0701. The molecule has 3 heteroatoms. The van der Waals surface area contributed by atoms with E-state index in [4.69, 9.17) is 0 Å². The number of Topliss-reactive ketones (excluding diaryl/α,β-unsaturated/α-hetero) is 1. The second-order valence-electron chi connectivity index (χ2n) is 3.57. The predicted octanol–water partition coefficient (Wildman–Crippen LogP) is 2.38. The number of aryl methyl sites for hydroxylation is 1. The number of hydrogen-bond donors (Lipinski definition) is 0. The highest BCUT2D eigenvalue weighted by atomic mass is 16.1. The van der Waals surface area contributed by atoms with E-state index in [0.29, 0.717) is 5.56 Å². The van der Waals surface area contributed by atoms with Crippen LogP contribution in [0.2, 0.25) is 0 Å². The Kier molecular flexibility index (Phi) is 2.37. The number of hydrogen-bond acceptors (Lipinski definition) is 2. The van der Waals surface area contributed by atoms with Crippen molar-refractivity contribution in [2.24, 2.45) is 0 Å². The summed E-state index contributed by atoms with van der Waals surface area (Å²) in [5.74, 6) is 0.0701. The van der Waals surface area contributed by atoms with E-state index in [1.54, 1.807) is 17.8 Å². The Morgan fingerprint density at radius 1 is 1.40 bits per heavy atom. The lowest BCUT2D eigenvalue weighted by Gasteiger charge is -2.02. The van der Waals surface area contributed by atoms with Gasteiger partial charge >= 0.3 is 0 Å². The van der Waals surface area contributed by atoms with Crippen molar-refractivity contribution in [3.63, 3.8) is 0 Å². The lowest BCUT2D eigenvalue weighted by atomic mass is 10.1. The van der Waals surface area contributed by atoms with Crippen LogP contribution in [0.25, 0.3) is 5.69 Å². The highest BCUT2D eigenvalue weighted by Crippen LogP contribution is 2.11. The number of nitrogens with zero attached hydrogens (tertiary/aromatic N) is 2. The van der Waals surface area contributed by atoms with Crippen molar-refractivity contribution in [2.45, 2.75) is 13.8 Å². The fraction of sp³-hybridized carbons (Fsp3) is 0.167. The van der Waals surface area contributed by atoms with Crippen molar-refractivity contribution in [1.29, 1.82) is 0 Å². The number of carbonyl (C=O) groups is 1. The van der Waals surface area contributed by atoms with Crippen molar-refractivity contribution < 1.29 is 4.79 Å². The lowest BCUT2D eigenvalue weighted by molar-refractivity contribution is 0.101. The molecule has 3 nitrogen and oxygen atoms in total. The SMILES string of the molecule is CC(=O)c1cccc(-n2cc(C)cn2)c1. The van der Waals surface area contributed by atoms with Crippen LogP contribution in [0.3, 0.4) is 0 Å².